The zero-order valence-electron chi connectivity index (χ0n) is 12.4. The van der Waals surface area contributed by atoms with Crippen molar-refractivity contribution in [3.63, 3.8) is 0 Å². The van der Waals surface area contributed by atoms with E-state index in [0.29, 0.717) is 13.0 Å². The van der Waals surface area contributed by atoms with E-state index in [4.69, 9.17) is 4.74 Å². The predicted octanol–water partition coefficient (Wildman–Crippen LogP) is 2.37. The van der Waals surface area contributed by atoms with Gasteiger partial charge in [-0.05, 0) is 47.5 Å². The third kappa shape index (κ3) is 5.02. The van der Waals surface area contributed by atoms with E-state index in [9.17, 15) is 8.42 Å². The summed E-state index contributed by atoms with van der Waals surface area (Å²) >= 11 is 0. The zero-order valence-corrected chi connectivity index (χ0v) is 13.2. The lowest BCUT2D eigenvalue weighted by molar-refractivity contribution is 0.415. The minimum atomic E-state index is -2.86. The van der Waals surface area contributed by atoms with E-state index >= 15 is 0 Å². The number of rotatable bonds is 7. The highest BCUT2D eigenvalue weighted by Gasteiger charge is 2.02. The quantitative estimate of drug-likeness (QED) is 0.798. The van der Waals surface area contributed by atoms with Crippen LogP contribution in [0.1, 0.15) is 12.0 Å². The number of methoxy groups -OCH3 is 1. The van der Waals surface area contributed by atoms with E-state index in [2.05, 4.69) is 23.5 Å². The summed E-state index contributed by atoms with van der Waals surface area (Å²) in [4.78, 5) is 0. The van der Waals surface area contributed by atoms with Crippen molar-refractivity contribution < 1.29 is 13.2 Å². The lowest BCUT2D eigenvalue weighted by Crippen LogP contribution is -2.17. The van der Waals surface area contributed by atoms with Crippen molar-refractivity contribution in [2.75, 3.05) is 25.7 Å². The van der Waals surface area contributed by atoms with Crippen LogP contribution in [0.3, 0.4) is 0 Å². The molecule has 0 amide bonds. The Morgan fingerprint density at radius 1 is 1.10 bits per heavy atom. The van der Waals surface area contributed by atoms with Crippen LogP contribution >= 0.6 is 0 Å². The molecule has 0 aliphatic carbocycles. The van der Waals surface area contributed by atoms with Gasteiger partial charge in [0, 0.05) is 12.8 Å². The average Bonchev–Trinajstić information content (AvgIpc) is 2.45. The Labute approximate surface area is 126 Å². The van der Waals surface area contributed by atoms with Crippen molar-refractivity contribution in [3.05, 3.63) is 42.0 Å². The molecule has 114 valence electrons. The summed E-state index contributed by atoms with van der Waals surface area (Å²) in [5.41, 5.74) is 1.19. The summed E-state index contributed by atoms with van der Waals surface area (Å²) in [7, 11) is -1.19. The molecule has 0 aromatic heterocycles. The molecule has 2 aromatic carbocycles. The minimum Gasteiger partial charge on any atom is -0.497 e. The van der Waals surface area contributed by atoms with Crippen LogP contribution in [-0.4, -0.2) is 34.1 Å². The number of hydrogen-bond acceptors (Lipinski definition) is 4. The largest absolute Gasteiger partial charge is 0.497 e. The summed E-state index contributed by atoms with van der Waals surface area (Å²) in [6, 6.07) is 12.3. The van der Waals surface area contributed by atoms with E-state index < -0.39 is 9.84 Å². The number of fused-ring (bicyclic) bond motifs is 1. The second-order valence-corrected chi connectivity index (χ2v) is 7.47. The second-order valence-electron chi connectivity index (χ2n) is 5.21. The summed E-state index contributed by atoms with van der Waals surface area (Å²) in [6.45, 7) is 1.44. The molecule has 0 spiro atoms. The molecular formula is C16H21NO3S. The lowest BCUT2D eigenvalue weighted by Gasteiger charge is -2.07. The molecule has 2 rings (SSSR count). The van der Waals surface area contributed by atoms with Crippen LogP contribution in [0.2, 0.25) is 0 Å². The number of ether oxygens (including phenoxy) is 1. The minimum absolute atomic E-state index is 0.234. The molecule has 21 heavy (non-hydrogen) atoms. The number of nitrogens with one attached hydrogen (secondary N) is 1. The predicted molar refractivity (Wildman–Crippen MR) is 86.5 cm³/mol. The third-order valence-electron chi connectivity index (χ3n) is 3.31. The molecule has 0 saturated heterocycles. The van der Waals surface area contributed by atoms with Crippen molar-refractivity contribution >= 4 is 20.6 Å². The molecule has 0 heterocycles. The Morgan fingerprint density at radius 3 is 2.52 bits per heavy atom. The third-order valence-corrected chi connectivity index (χ3v) is 4.34. The van der Waals surface area contributed by atoms with Gasteiger partial charge in [0.05, 0.1) is 12.9 Å². The summed E-state index contributed by atoms with van der Waals surface area (Å²) < 4.78 is 27.3. The van der Waals surface area contributed by atoms with Crippen LogP contribution in [0.4, 0.5) is 0 Å². The first kappa shape index (κ1) is 15.8. The van der Waals surface area contributed by atoms with E-state index in [1.165, 1.54) is 17.2 Å². The Bertz CT molecular complexity index is 711. The number of hydrogen-bond donors (Lipinski definition) is 1. The highest BCUT2D eigenvalue weighted by Crippen LogP contribution is 2.21. The van der Waals surface area contributed by atoms with Crippen molar-refractivity contribution in [2.45, 2.75) is 13.0 Å². The summed E-state index contributed by atoms with van der Waals surface area (Å²) in [5.74, 6) is 1.09. The normalized spacial score (nSPS) is 11.7. The molecule has 5 heteroatoms. The number of benzene rings is 2. The monoisotopic (exact) mass is 307 g/mol. The van der Waals surface area contributed by atoms with E-state index in [-0.39, 0.29) is 5.75 Å². The fourth-order valence-corrected chi connectivity index (χ4v) is 2.87. The van der Waals surface area contributed by atoms with Gasteiger partial charge in [0.1, 0.15) is 15.6 Å². The van der Waals surface area contributed by atoms with Crippen LogP contribution in [0.25, 0.3) is 10.8 Å². The summed E-state index contributed by atoms with van der Waals surface area (Å²) in [5, 5.41) is 5.59. The highest BCUT2D eigenvalue weighted by molar-refractivity contribution is 7.90. The maximum atomic E-state index is 11.0. The van der Waals surface area contributed by atoms with Gasteiger partial charge in [-0.15, -0.1) is 0 Å². The standard InChI is InChI=1S/C16H21NO3S/c1-20-16-7-6-14-10-13(4-5-15(14)11-16)12-17-8-3-9-21(2,18)19/h4-7,10-11,17H,3,8-9,12H2,1-2H3. The molecule has 0 fully saturated rings. The SMILES string of the molecule is COc1ccc2cc(CNCCCS(C)(=O)=O)ccc2c1. The van der Waals surface area contributed by atoms with E-state index in [1.807, 2.05) is 18.2 Å². The molecular weight excluding hydrogens is 286 g/mol. The molecule has 0 radical (unpaired) electrons. The molecule has 0 aliphatic heterocycles. The molecule has 4 nitrogen and oxygen atoms in total. The maximum absolute atomic E-state index is 11.0. The average molecular weight is 307 g/mol. The highest BCUT2D eigenvalue weighted by atomic mass is 32.2. The van der Waals surface area contributed by atoms with Crippen LogP contribution < -0.4 is 10.1 Å². The number of sulfone groups is 1. The first-order chi connectivity index (χ1) is 9.98. The fourth-order valence-electron chi connectivity index (χ4n) is 2.20. The molecule has 1 N–H and O–H groups in total. The van der Waals surface area contributed by atoms with Gasteiger partial charge < -0.3 is 10.1 Å². The van der Waals surface area contributed by atoms with Gasteiger partial charge in [0.25, 0.3) is 0 Å². The fraction of sp³-hybridized carbons (Fsp3) is 0.375. The van der Waals surface area contributed by atoms with Gasteiger partial charge in [-0.2, -0.15) is 0 Å². The van der Waals surface area contributed by atoms with Gasteiger partial charge in [0.2, 0.25) is 0 Å². The van der Waals surface area contributed by atoms with Crippen molar-refractivity contribution in [2.24, 2.45) is 0 Å². The van der Waals surface area contributed by atoms with Crippen molar-refractivity contribution in [1.82, 2.24) is 5.32 Å². The van der Waals surface area contributed by atoms with Gasteiger partial charge in [-0.3, -0.25) is 0 Å². The summed E-state index contributed by atoms with van der Waals surface area (Å²) in [6.07, 6.45) is 1.91. The van der Waals surface area contributed by atoms with Crippen LogP contribution in [0, 0.1) is 0 Å². The van der Waals surface area contributed by atoms with Crippen LogP contribution in [0.5, 0.6) is 5.75 Å². The topological polar surface area (TPSA) is 55.4 Å². The molecule has 2 aromatic rings. The van der Waals surface area contributed by atoms with Gasteiger partial charge in [0.15, 0.2) is 0 Å². The second kappa shape index (κ2) is 6.91. The Hall–Kier alpha value is -1.59. The molecule has 0 saturated carbocycles. The maximum Gasteiger partial charge on any atom is 0.147 e. The first-order valence-electron chi connectivity index (χ1n) is 6.93. The Balaban J connectivity index is 1.91. The molecule has 0 atom stereocenters. The smallest absolute Gasteiger partial charge is 0.147 e. The van der Waals surface area contributed by atoms with E-state index in [1.54, 1.807) is 7.11 Å². The Kier molecular flexibility index (Phi) is 5.20. The molecule has 0 aliphatic rings. The van der Waals surface area contributed by atoms with Crippen LogP contribution in [0.15, 0.2) is 36.4 Å². The van der Waals surface area contributed by atoms with E-state index in [0.717, 1.165) is 17.7 Å². The van der Waals surface area contributed by atoms with Gasteiger partial charge >= 0.3 is 0 Å². The lowest BCUT2D eigenvalue weighted by atomic mass is 10.1. The van der Waals surface area contributed by atoms with Crippen molar-refractivity contribution in [1.29, 1.82) is 0 Å². The van der Waals surface area contributed by atoms with Gasteiger partial charge in [-0.25, -0.2) is 8.42 Å². The Morgan fingerprint density at radius 2 is 1.81 bits per heavy atom. The molecule has 0 bridgehead atoms. The molecule has 0 unspecified atom stereocenters. The van der Waals surface area contributed by atoms with Crippen molar-refractivity contribution in [3.8, 4) is 5.75 Å². The van der Waals surface area contributed by atoms with Gasteiger partial charge in [-0.1, -0.05) is 18.2 Å². The van der Waals surface area contributed by atoms with Crippen LogP contribution in [-0.2, 0) is 16.4 Å². The zero-order chi connectivity index (χ0) is 15.3. The first-order valence-corrected chi connectivity index (χ1v) is 8.99.